The third-order valence-electron chi connectivity index (χ3n) is 3.27. The third-order valence-corrected chi connectivity index (χ3v) is 3.27. The molecule has 0 bridgehead atoms. The van der Waals surface area contributed by atoms with Crippen molar-refractivity contribution in [2.45, 2.75) is 38.5 Å². The van der Waals surface area contributed by atoms with Crippen LogP contribution >= 0.6 is 0 Å². The molecular weight excluding hydrogens is 176 g/mol. The molecule has 0 aromatic rings. The van der Waals surface area contributed by atoms with E-state index in [0.717, 1.165) is 38.4 Å². The monoisotopic (exact) mass is 194 g/mol. The van der Waals surface area contributed by atoms with Gasteiger partial charge in [-0.15, -0.1) is 0 Å². The van der Waals surface area contributed by atoms with Gasteiger partial charge in [-0.3, -0.25) is 4.79 Å². The van der Waals surface area contributed by atoms with E-state index >= 15 is 0 Å². The summed E-state index contributed by atoms with van der Waals surface area (Å²) in [5, 5.41) is 0. The third kappa shape index (κ3) is 2.68. The number of hydrogen-bond donors (Lipinski definition) is 0. The fourth-order valence-electron chi connectivity index (χ4n) is 2.28. The van der Waals surface area contributed by atoms with Gasteiger partial charge < -0.3 is 4.74 Å². The highest BCUT2D eigenvalue weighted by atomic mass is 16.5. The average Bonchev–Trinajstić information content (AvgIpc) is 2.63. The highest BCUT2D eigenvalue weighted by Gasteiger charge is 2.16. The Bertz CT molecular complexity index is 237. The van der Waals surface area contributed by atoms with E-state index in [-0.39, 0.29) is 0 Å². The molecule has 0 radical (unpaired) electrons. The molecule has 1 aliphatic heterocycles. The zero-order valence-corrected chi connectivity index (χ0v) is 8.63. The van der Waals surface area contributed by atoms with E-state index in [2.05, 4.69) is 0 Å². The quantitative estimate of drug-likeness (QED) is 0.690. The van der Waals surface area contributed by atoms with Gasteiger partial charge in [-0.05, 0) is 44.1 Å². The number of carbonyl (C=O) groups excluding carboxylic acids is 1. The van der Waals surface area contributed by atoms with Crippen molar-refractivity contribution in [1.82, 2.24) is 0 Å². The molecule has 78 valence electrons. The van der Waals surface area contributed by atoms with Crippen molar-refractivity contribution < 1.29 is 9.53 Å². The number of ether oxygens (including phenoxy) is 1. The van der Waals surface area contributed by atoms with Gasteiger partial charge in [0.2, 0.25) is 0 Å². The van der Waals surface area contributed by atoms with Crippen LogP contribution in [0.3, 0.4) is 0 Å². The molecule has 14 heavy (non-hydrogen) atoms. The van der Waals surface area contributed by atoms with Crippen molar-refractivity contribution in [3.63, 3.8) is 0 Å². The lowest BCUT2D eigenvalue weighted by molar-refractivity contribution is -0.114. The summed E-state index contributed by atoms with van der Waals surface area (Å²) in [4.78, 5) is 11.0. The predicted molar refractivity (Wildman–Crippen MR) is 55.1 cm³/mol. The van der Waals surface area contributed by atoms with E-state index in [1.54, 1.807) is 0 Å². The average molecular weight is 194 g/mol. The van der Waals surface area contributed by atoms with Gasteiger partial charge in [0, 0.05) is 19.6 Å². The highest BCUT2D eigenvalue weighted by molar-refractivity contribution is 5.92. The smallest absolute Gasteiger partial charge is 0.155 e. The maximum atomic E-state index is 11.0. The van der Waals surface area contributed by atoms with Gasteiger partial charge in [-0.2, -0.15) is 0 Å². The first-order valence-electron chi connectivity index (χ1n) is 5.64. The van der Waals surface area contributed by atoms with Crippen LogP contribution < -0.4 is 0 Å². The van der Waals surface area contributed by atoms with Crippen LogP contribution in [0, 0.1) is 5.92 Å². The molecule has 0 aromatic carbocycles. The largest absolute Gasteiger partial charge is 0.381 e. The van der Waals surface area contributed by atoms with Crippen LogP contribution in [-0.2, 0) is 9.53 Å². The molecule has 0 atom stereocenters. The van der Waals surface area contributed by atoms with Crippen molar-refractivity contribution in [2.24, 2.45) is 5.92 Å². The molecule has 0 unspecified atom stereocenters. The van der Waals surface area contributed by atoms with E-state index in [4.69, 9.17) is 4.74 Å². The first-order valence-corrected chi connectivity index (χ1v) is 5.64. The standard InChI is InChI=1S/C12H18O2/c13-12-4-3-11(9-12)2-1-10-5-7-14-8-6-10/h9-10H,1-8H2. The molecule has 1 fully saturated rings. The van der Waals surface area contributed by atoms with E-state index in [1.807, 2.05) is 6.08 Å². The van der Waals surface area contributed by atoms with Crippen molar-refractivity contribution in [3.8, 4) is 0 Å². The van der Waals surface area contributed by atoms with Crippen LogP contribution in [0.2, 0.25) is 0 Å². The normalized spacial score (nSPS) is 24.0. The molecule has 2 rings (SSSR count). The van der Waals surface area contributed by atoms with E-state index in [0.29, 0.717) is 5.78 Å². The number of carbonyl (C=O) groups is 1. The lowest BCUT2D eigenvalue weighted by Gasteiger charge is -2.21. The minimum atomic E-state index is 0.326. The maximum absolute atomic E-state index is 11.0. The van der Waals surface area contributed by atoms with Gasteiger partial charge in [0.15, 0.2) is 5.78 Å². The molecule has 1 heterocycles. The van der Waals surface area contributed by atoms with Gasteiger partial charge in [-0.1, -0.05) is 5.57 Å². The minimum Gasteiger partial charge on any atom is -0.381 e. The summed E-state index contributed by atoms with van der Waals surface area (Å²) in [5.41, 5.74) is 1.38. The van der Waals surface area contributed by atoms with Crippen LogP contribution in [-0.4, -0.2) is 19.0 Å². The molecule has 1 saturated heterocycles. The fourth-order valence-corrected chi connectivity index (χ4v) is 2.28. The van der Waals surface area contributed by atoms with Crippen LogP contribution in [0.25, 0.3) is 0 Å². The second kappa shape index (κ2) is 4.74. The van der Waals surface area contributed by atoms with Crippen molar-refractivity contribution in [1.29, 1.82) is 0 Å². The molecule has 0 saturated carbocycles. The first-order chi connectivity index (χ1) is 6.84. The second-order valence-electron chi connectivity index (χ2n) is 4.36. The Morgan fingerprint density at radius 1 is 1.29 bits per heavy atom. The predicted octanol–water partition coefficient (Wildman–Crippen LogP) is 2.48. The molecule has 0 N–H and O–H groups in total. The zero-order chi connectivity index (χ0) is 9.80. The molecule has 0 amide bonds. The minimum absolute atomic E-state index is 0.326. The van der Waals surface area contributed by atoms with Crippen molar-refractivity contribution in [2.75, 3.05) is 13.2 Å². The van der Waals surface area contributed by atoms with Crippen LogP contribution in [0.5, 0.6) is 0 Å². The number of ketones is 1. The maximum Gasteiger partial charge on any atom is 0.155 e. The first kappa shape index (κ1) is 9.91. The molecule has 0 spiro atoms. The van der Waals surface area contributed by atoms with E-state index < -0.39 is 0 Å². The van der Waals surface area contributed by atoms with Gasteiger partial charge in [0.05, 0.1) is 0 Å². The molecule has 2 heteroatoms. The zero-order valence-electron chi connectivity index (χ0n) is 8.63. The molecule has 0 aromatic heterocycles. The van der Waals surface area contributed by atoms with Gasteiger partial charge in [-0.25, -0.2) is 0 Å². The van der Waals surface area contributed by atoms with Crippen LogP contribution in [0.4, 0.5) is 0 Å². The summed E-state index contributed by atoms with van der Waals surface area (Å²) >= 11 is 0. The summed E-state index contributed by atoms with van der Waals surface area (Å²) in [5.74, 6) is 1.16. The van der Waals surface area contributed by atoms with Gasteiger partial charge in [0.25, 0.3) is 0 Å². The summed E-state index contributed by atoms with van der Waals surface area (Å²) in [7, 11) is 0. The summed E-state index contributed by atoms with van der Waals surface area (Å²) in [6, 6.07) is 0. The molecule has 2 nitrogen and oxygen atoms in total. The number of hydrogen-bond acceptors (Lipinski definition) is 2. The lowest BCUT2D eigenvalue weighted by atomic mass is 9.93. The van der Waals surface area contributed by atoms with Crippen LogP contribution in [0.1, 0.15) is 38.5 Å². The summed E-state index contributed by atoms with van der Waals surface area (Å²) in [6.45, 7) is 1.87. The lowest BCUT2D eigenvalue weighted by Crippen LogP contribution is -2.15. The topological polar surface area (TPSA) is 26.3 Å². The Hall–Kier alpha value is -0.630. The van der Waals surface area contributed by atoms with Crippen LogP contribution in [0.15, 0.2) is 11.6 Å². The molecular formula is C12H18O2. The SMILES string of the molecule is O=C1C=C(CCC2CCOCC2)CC1. The van der Waals surface area contributed by atoms with Crippen molar-refractivity contribution in [3.05, 3.63) is 11.6 Å². The van der Waals surface area contributed by atoms with E-state index in [1.165, 1.54) is 24.8 Å². The van der Waals surface area contributed by atoms with E-state index in [9.17, 15) is 4.79 Å². The Morgan fingerprint density at radius 3 is 2.71 bits per heavy atom. The number of allylic oxidation sites excluding steroid dienone is 2. The second-order valence-corrected chi connectivity index (χ2v) is 4.36. The summed E-state index contributed by atoms with van der Waals surface area (Å²) < 4.78 is 5.32. The number of rotatable bonds is 3. The molecule has 1 aliphatic carbocycles. The van der Waals surface area contributed by atoms with Gasteiger partial charge in [0.1, 0.15) is 0 Å². The fraction of sp³-hybridized carbons (Fsp3) is 0.750. The molecule has 2 aliphatic rings. The Balaban J connectivity index is 1.71. The Morgan fingerprint density at radius 2 is 2.07 bits per heavy atom. The Kier molecular flexibility index (Phi) is 3.35. The van der Waals surface area contributed by atoms with Crippen molar-refractivity contribution >= 4 is 5.78 Å². The highest BCUT2D eigenvalue weighted by Crippen LogP contribution is 2.26. The summed E-state index contributed by atoms with van der Waals surface area (Å²) in [6.07, 6.45) is 8.44. The Labute approximate surface area is 85.3 Å². The van der Waals surface area contributed by atoms with Gasteiger partial charge >= 0.3 is 0 Å².